The van der Waals surface area contributed by atoms with Crippen LogP contribution in [-0.4, -0.2) is 45.2 Å². The molecule has 3 aromatic rings. The molecule has 1 unspecified atom stereocenters. The van der Waals surface area contributed by atoms with Gasteiger partial charge >= 0.3 is 0 Å². The maximum atomic E-state index is 15.6. The van der Waals surface area contributed by atoms with Crippen molar-refractivity contribution in [3.05, 3.63) is 65.3 Å². The summed E-state index contributed by atoms with van der Waals surface area (Å²) in [4.78, 5) is 25.7. The number of hydrogen-bond donors (Lipinski definition) is 2. The Hall–Kier alpha value is -3.82. The van der Waals surface area contributed by atoms with E-state index in [1.165, 1.54) is 36.1 Å². The molecule has 1 saturated carbocycles. The van der Waals surface area contributed by atoms with Gasteiger partial charge in [0, 0.05) is 23.4 Å². The highest BCUT2D eigenvalue weighted by Crippen LogP contribution is 2.51. The number of hydrogen-bond acceptors (Lipinski definition) is 8. The van der Waals surface area contributed by atoms with Crippen molar-refractivity contribution in [3.8, 4) is 11.9 Å². The fourth-order valence-corrected chi connectivity index (χ4v) is 6.06. The maximum Gasteiger partial charge on any atom is 0.293 e. The summed E-state index contributed by atoms with van der Waals surface area (Å²) >= 11 is 4.75. The number of nitriles is 1. The number of amides is 1. The third-order valence-corrected chi connectivity index (χ3v) is 7.99. The maximum absolute atomic E-state index is 15.6. The summed E-state index contributed by atoms with van der Waals surface area (Å²) in [7, 11) is 0. The molecule has 41 heavy (non-hydrogen) atoms. The molecule has 1 N–H and O–H groups in total. The van der Waals surface area contributed by atoms with Gasteiger partial charge in [0.15, 0.2) is 11.3 Å². The smallest absolute Gasteiger partial charge is 0.293 e. The summed E-state index contributed by atoms with van der Waals surface area (Å²) in [6.45, 7) is 2.94. The molecule has 8 nitrogen and oxygen atoms in total. The van der Waals surface area contributed by atoms with Gasteiger partial charge in [-0.25, -0.2) is 9.37 Å². The molecule has 2 fully saturated rings. The van der Waals surface area contributed by atoms with E-state index < -0.39 is 28.3 Å². The third kappa shape index (κ3) is 4.67. The van der Waals surface area contributed by atoms with Crippen molar-refractivity contribution in [3.63, 3.8) is 0 Å². The molecule has 1 aliphatic carbocycles. The second-order valence-electron chi connectivity index (χ2n) is 9.94. The fraction of sp³-hybridized carbons (Fsp3) is 0.379. The number of allylic oxidation sites excluding steroid dienone is 2. The van der Waals surface area contributed by atoms with Gasteiger partial charge in [-0.3, -0.25) is 9.69 Å². The lowest BCUT2D eigenvalue weighted by Gasteiger charge is -2.44. The first kappa shape index (κ1) is 28.7. The van der Waals surface area contributed by atoms with Crippen LogP contribution in [0, 0.1) is 17.1 Å². The molecule has 214 valence electrons. The highest BCUT2D eigenvalue weighted by Gasteiger charge is 2.60. The van der Waals surface area contributed by atoms with Crippen LogP contribution >= 0.6 is 12.6 Å². The zero-order valence-corrected chi connectivity index (χ0v) is 23.3. The first-order chi connectivity index (χ1) is 19.6. The van der Waals surface area contributed by atoms with Gasteiger partial charge in [0.2, 0.25) is 5.88 Å². The highest BCUT2D eigenvalue weighted by atomic mass is 32.1. The van der Waals surface area contributed by atoms with Gasteiger partial charge in [-0.1, -0.05) is 13.0 Å². The number of alkyl halides is 2. The lowest BCUT2D eigenvalue weighted by atomic mass is 9.75. The standard InChI is InChI=1S/C29H28F3N5O3S/c1-3-8-29(31,32)21-14-18(7-6-17(21)16-33)36-26(39)28(9-5-10-28)37(27(36)41)19-13-20-24(22(30)15-19)34-23(4-2)35-25(20)40-12-11-38/h3,6-8,13-15,27,38,41H,4-5,9-12H2,1-2H3/b8-3+. The molecule has 1 aromatic heterocycles. The number of rotatable bonds is 8. The summed E-state index contributed by atoms with van der Waals surface area (Å²) in [6, 6.07) is 8.52. The number of fused-ring (bicyclic) bond motifs is 1. The Bertz CT molecular complexity index is 1590. The van der Waals surface area contributed by atoms with Gasteiger partial charge in [0.1, 0.15) is 23.5 Å². The number of aryl methyl sites for hydroxylation is 1. The van der Waals surface area contributed by atoms with Crippen LogP contribution in [0.25, 0.3) is 10.9 Å². The van der Waals surface area contributed by atoms with Crippen LogP contribution in [0.3, 0.4) is 0 Å². The molecule has 2 aromatic carbocycles. The van der Waals surface area contributed by atoms with Crippen molar-refractivity contribution in [2.75, 3.05) is 23.0 Å². The number of thiol groups is 1. The van der Waals surface area contributed by atoms with Crippen LogP contribution in [0.1, 0.15) is 50.1 Å². The van der Waals surface area contributed by atoms with E-state index in [9.17, 15) is 23.9 Å². The molecule has 1 spiro atoms. The largest absolute Gasteiger partial charge is 0.475 e. The molecule has 0 bridgehead atoms. The number of carbonyl (C=O) groups excluding carboxylic acids is 1. The molecular weight excluding hydrogens is 555 g/mol. The predicted octanol–water partition coefficient (Wildman–Crippen LogP) is 5.23. The van der Waals surface area contributed by atoms with Crippen molar-refractivity contribution in [2.45, 2.75) is 56.5 Å². The Morgan fingerprint density at radius 3 is 2.63 bits per heavy atom. The van der Waals surface area contributed by atoms with Crippen LogP contribution in [0.15, 0.2) is 42.5 Å². The predicted molar refractivity (Wildman–Crippen MR) is 151 cm³/mol. The second-order valence-corrected chi connectivity index (χ2v) is 10.4. The average molecular weight is 584 g/mol. The Morgan fingerprint density at radius 1 is 1.27 bits per heavy atom. The molecule has 1 amide bonds. The highest BCUT2D eigenvalue weighted by molar-refractivity contribution is 7.81. The minimum Gasteiger partial charge on any atom is -0.475 e. The average Bonchev–Trinajstić information content (AvgIpc) is 3.17. The quantitative estimate of drug-likeness (QED) is 0.277. The summed E-state index contributed by atoms with van der Waals surface area (Å²) in [5, 5.41) is 19.0. The Kier molecular flexibility index (Phi) is 7.61. The van der Waals surface area contributed by atoms with Crippen molar-refractivity contribution in [2.24, 2.45) is 0 Å². The van der Waals surface area contributed by atoms with Crippen molar-refractivity contribution in [1.29, 1.82) is 5.26 Å². The molecule has 1 aliphatic heterocycles. The number of aliphatic hydroxyl groups excluding tert-OH is 1. The van der Waals surface area contributed by atoms with E-state index in [0.29, 0.717) is 36.9 Å². The topological polar surface area (TPSA) is 103 Å². The van der Waals surface area contributed by atoms with Crippen molar-refractivity contribution >= 4 is 40.8 Å². The number of halogens is 3. The monoisotopic (exact) mass is 583 g/mol. The van der Waals surface area contributed by atoms with E-state index in [1.807, 2.05) is 6.92 Å². The summed E-state index contributed by atoms with van der Waals surface area (Å²) < 4.78 is 51.1. The van der Waals surface area contributed by atoms with E-state index in [1.54, 1.807) is 17.0 Å². The number of nitrogens with zero attached hydrogens (tertiary/aromatic N) is 5. The number of benzene rings is 2. The zero-order chi connectivity index (χ0) is 29.5. The molecule has 12 heteroatoms. The van der Waals surface area contributed by atoms with Gasteiger partial charge in [0.05, 0.1) is 23.6 Å². The third-order valence-electron chi connectivity index (χ3n) is 7.53. The minimum absolute atomic E-state index is 0.0391. The van der Waals surface area contributed by atoms with Crippen molar-refractivity contribution in [1.82, 2.24) is 9.97 Å². The Labute approximate surface area is 240 Å². The number of aliphatic hydroxyl groups is 1. The molecular formula is C29H28F3N5O3S. The number of ether oxygens (including phenoxy) is 1. The Morgan fingerprint density at radius 2 is 2.02 bits per heavy atom. The number of aromatic nitrogens is 2. The van der Waals surface area contributed by atoms with E-state index in [4.69, 9.17) is 17.4 Å². The van der Waals surface area contributed by atoms with Gasteiger partial charge in [-0.05, 0) is 62.6 Å². The fourth-order valence-electron chi connectivity index (χ4n) is 5.46. The van der Waals surface area contributed by atoms with Crippen molar-refractivity contribution < 1.29 is 27.8 Å². The first-order valence-electron chi connectivity index (χ1n) is 13.2. The van der Waals surface area contributed by atoms with Gasteiger partial charge < -0.3 is 14.7 Å². The van der Waals surface area contributed by atoms with Crippen LogP contribution in [0.2, 0.25) is 0 Å². The summed E-state index contributed by atoms with van der Waals surface area (Å²) in [6.07, 6.45) is 3.96. The molecule has 1 atom stereocenters. The van der Waals surface area contributed by atoms with E-state index >= 15 is 4.39 Å². The van der Waals surface area contributed by atoms with E-state index in [-0.39, 0.29) is 47.2 Å². The van der Waals surface area contributed by atoms with Gasteiger partial charge in [0.25, 0.3) is 11.8 Å². The molecule has 0 radical (unpaired) electrons. The molecule has 5 rings (SSSR count). The van der Waals surface area contributed by atoms with Crippen LogP contribution in [0.5, 0.6) is 5.88 Å². The number of anilines is 2. The van der Waals surface area contributed by atoms with Crippen LogP contribution < -0.4 is 14.5 Å². The minimum atomic E-state index is -3.44. The Balaban J connectivity index is 1.64. The second kappa shape index (κ2) is 10.9. The molecule has 2 aliphatic rings. The molecule has 2 heterocycles. The van der Waals surface area contributed by atoms with Crippen LogP contribution in [0.4, 0.5) is 24.5 Å². The van der Waals surface area contributed by atoms with E-state index in [0.717, 1.165) is 12.5 Å². The first-order valence-corrected chi connectivity index (χ1v) is 13.7. The van der Waals surface area contributed by atoms with E-state index in [2.05, 4.69) is 9.97 Å². The summed E-state index contributed by atoms with van der Waals surface area (Å²) in [5.41, 5.74) is -2.29. The number of carbonyl (C=O) groups is 1. The van der Waals surface area contributed by atoms with Crippen LogP contribution in [-0.2, 0) is 17.1 Å². The van der Waals surface area contributed by atoms with Gasteiger partial charge in [-0.2, -0.15) is 19.0 Å². The lowest BCUT2D eigenvalue weighted by Crippen LogP contribution is -2.55. The van der Waals surface area contributed by atoms with Gasteiger partial charge in [-0.15, -0.1) is 12.6 Å². The SMILES string of the molecule is C/C=C/C(F)(F)c1cc(N2C(=O)C3(CCC3)N(c3cc(F)c4nc(CC)nc(OCCO)c4c3)C2S)ccc1C#N. The summed E-state index contributed by atoms with van der Waals surface area (Å²) in [5.74, 6) is -3.99. The lowest BCUT2D eigenvalue weighted by molar-refractivity contribution is -0.124. The normalized spacial score (nSPS) is 18.4. The molecule has 1 saturated heterocycles. The zero-order valence-electron chi connectivity index (χ0n) is 22.4.